The van der Waals surface area contributed by atoms with E-state index < -0.39 is 9.16 Å². The molecule has 1 heterocycles. The molecular weight excluding hydrogens is 475 g/mol. The lowest BCUT2D eigenvalue weighted by Crippen LogP contribution is -2.19. The van der Waals surface area contributed by atoms with Gasteiger partial charge in [0.05, 0.1) is 11.1 Å². The highest BCUT2D eigenvalue weighted by Gasteiger charge is 2.43. The van der Waals surface area contributed by atoms with Gasteiger partial charge in [-0.3, -0.25) is 4.99 Å². The predicted octanol–water partition coefficient (Wildman–Crippen LogP) is 9.13. The number of hydrogen-bond donors (Lipinski definition) is 1. The van der Waals surface area contributed by atoms with Crippen LogP contribution in [-0.2, 0) is 0 Å². The van der Waals surface area contributed by atoms with Crippen LogP contribution in [0.5, 0.6) is 0 Å². The number of aliphatic imine (C=N–C) groups is 1. The molecule has 3 heteroatoms. The maximum atomic E-state index is 4.85. The van der Waals surface area contributed by atoms with Crippen molar-refractivity contribution in [1.82, 2.24) is 0 Å². The average Bonchev–Trinajstić information content (AvgIpc) is 3.33. The molecule has 36 heavy (non-hydrogen) atoms. The van der Waals surface area contributed by atoms with E-state index in [1.165, 1.54) is 40.7 Å². The molecule has 0 N–H and O–H groups in total. The Morgan fingerprint density at radius 3 is 1.61 bits per heavy atom. The van der Waals surface area contributed by atoms with E-state index in [1.54, 1.807) is 0 Å². The molecule has 0 saturated carbocycles. The summed E-state index contributed by atoms with van der Waals surface area (Å²) in [6, 6.07) is 43.1. The highest BCUT2D eigenvalue weighted by Crippen LogP contribution is 2.87. The normalized spacial score (nSPS) is 18.3. The van der Waals surface area contributed by atoms with E-state index in [-0.39, 0.29) is 6.04 Å². The summed E-state index contributed by atoms with van der Waals surface area (Å²) in [5.41, 5.74) is 2.66. The van der Waals surface area contributed by atoms with Gasteiger partial charge in [-0.1, -0.05) is 133 Å². The van der Waals surface area contributed by atoms with Gasteiger partial charge >= 0.3 is 0 Å². The second kappa shape index (κ2) is 8.99. The number of rotatable bonds is 5. The summed E-state index contributed by atoms with van der Waals surface area (Å²) >= 11 is 1.82. The third kappa shape index (κ3) is 3.53. The number of thiol groups is 1. The standard InChI is InChI=1S/C33H31NS2/c1-25-34-32-24-27(20-23-33(32)35-25)26-18-21-31(22-19-26)36(2,28-12-6-3-7-13-28,29-14-8-4-9-15-29)30-16-10-5-11-17-30/h3-23,32,36H,24H2,1-2H3. The van der Waals surface area contributed by atoms with Crippen LogP contribution in [0.3, 0.4) is 0 Å². The summed E-state index contributed by atoms with van der Waals surface area (Å²) in [7, 11) is -2.98. The molecule has 4 aromatic carbocycles. The number of nitrogens with zero attached hydrogens (tertiary/aromatic N) is 1. The van der Waals surface area contributed by atoms with Crippen molar-refractivity contribution in [2.24, 2.45) is 4.99 Å². The van der Waals surface area contributed by atoms with E-state index in [0.717, 1.165) is 6.42 Å². The first-order valence-electron chi connectivity index (χ1n) is 12.5. The van der Waals surface area contributed by atoms with E-state index in [1.807, 2.05) is 11.8 Å². The van der Waals surface area contributed by atoms with Crippen molar-refractivity contribution < 1.29 is 0 Å². The first-order chi connectivity index (χ1) is 17.6. The van der Waals surface area contributed by atoms with E-state index in [9.17, 15) is 0 Å². The topological polar surface area (TPSA) is 12.4 Å². The van der Waals surface area contributed by atoms with Crippen molar-refractivity contribution in [3.63, 3.8) is 0 Å². The van der Waals surface area contributed by atoms with Crippen LogP contribution in [0.4, 0.5) is 0 Å². The zero-order valence-electron chi connectivity index (χ0n) is 20.7. The summed E-state index contributed by atoms with van der Waals surface area (Å²) in [5, 5.41) is 1.17. The zero-order valence-corrected chi connectivity index (χ0v) is 22.4. The first kappa shape index (κ1) is 23.1. The van der Waals surface area contributed by atoms with Gasteiger partial charge in [0.25, 0.3) is 0 Å². The molecule has 0 radical (unpaired) electrons. The average molecular weight is 506 g/mol. The first-order valence-corrected chi connectivity index (χ1v) is 16.0. The number of benzene rings is 4. The van der Waals surface area contributed by atoms with Gasteiger partial charge in [0, 0.05) is 11.3 Å². The number of hydrogen-bond acceptors (Lipinski definition) is 2. The molecule has 0 amide bonds. The number of thioether (sulfide) groups is 1. The zero-order chi connectivity index (χ0) is 24.6. The second-order valence-electron chi connectivity index (χ2n) is 9.85. The van der Waals surface area contributed by atoms with E-state index >= 15 is 0 Å². The van der Waals surface area contributed by atoms with Gasteiger partial charge in [-0.05, 0) is 50.0 Å². The minimum absolute atomic E-state index is 0.290. The van der Waals surface area contributed by atoms with Crippen molar-refractivity contribution in [3.05, 3.63) is 138 Å². The van der Waals surface area contributed by atoms with Crippen LogP contribution in [0, 0.1) is 0 Å². The van der Waals surface area contributed by atoms with Crippen LogP contribution in [-0.4, -0.2) is 17.3 Å². The van der Waals surface area contributed by atoms with Gasteiger partial charge in [0.2, 0.25) is 0 Å². The molecule has 0 bridgehead atoms. The fourth-order valence-corrected chi connectivity index (χ4v) is 12.2. The SMILES string of the molecule is CC1=NC2CC(c3ccc([SH](C)(c4ccccc4)(c4ccccc4)c4ccccc4)cc3)=CC=C2S1. The Hall–Kier alpha value is -3.27. The summed E-state index contributed by atoms with van der Waals surface area (Å²) < 4.78 is 0. The Morgan fingerprint density at radius 1 is 0.639 bits per heavy atom. The van der Waals surface area contributed by atoms with Crippen molar-refractivity contribution >= 4 is 31.5 Å². The molecule has 1 aliphatic carbocycles. The van der Waals surface area contributed by atoms with Gasteiger partial charge < -0.3 is 0 Å². The van der Waals surface area contributed by atoms with Gasteiger partial charge in [-0.25, -0.2) is 9.16 Å². The van der Waals surface area contributed by atoms with Crippen LogP contribution in [0.25, 0.3) is 5.57 Å². The van der Waals surface area contributed by atoms with E-state index in [0.29, 0.717) is 0 Å². The lowest BCUT2D eigenvalue weighted by molar-refractivity contribution is 0.838. The van der Waals surface area contributed by atoms with Gasteiger partial charge in [-0.2, -0.15) is 0 Å². The van der Waals surface area contributed by atoms with Gasteiger partial charge in [0.15, 0.2) is 0 Å². The monoisotopic (exact) mass is 505 g/mol. The van der Waals surface area contributed by atoms with Crippen LogP contribution >= 0.6 is 20.9 Å². The smallest absolute Gasteiger partial charge is 0.0861 e. The molecule has 6 rings (SSSR count). The third-order valence-corrected chi connectivity index (χ3v) is 15.3. The Labute approximate surface area is 219 Å². The minimum Gasteiger partial charge on any atom is -0.274 e. The van der Waals surface area contributed by atoms with E-state index in [2.05, 4.69) is 141 Å². The van der Waals surface area contributed by atoms with Crippen molar-refractivity contribution in [1.29, 1.82) is 0 Å². The van der Waals surface area contributed by atoms with Crippen molar-refractivity contribution in [3.8, 4) is 0 Å². The number of allylic oxidation sites excluding steroid dienone is 2. The Balaban J connectivity index is 1.55. The van der Waals surface area contributed by atoms with Crippen molar-refractivity contribution in [2.75, 3.05) is 6.26 Å². The number of fused-ring (bicyclic) bond motifs is 1. The molecule has 0 aromatic heterocycles. The molecule has 0 spiro atoms. The van der Waals surface area contributed by atoms with Gasteiger partial charge in [0.1, 0.15) is 0 Å². The maximum Gasteiger partial charge on any atom is 0.0861 e. The Kier molecular flexibility index (Phi) is 5.78. The molecule has 4 aromatic rings. The van der Waals surface area contributed by atoms with Crippen LogP contribution in [0.1, 0.15) is 18.9 Å². The molecule has 2 aliphatic rings. The molecule has 1 atom stereocenters. The quantitative estimate of drug-likeness (QED) is 0.267. The molecular formula is C33H31NS2. The molecule has 0 saturated heterocycles. The summed E-state index contributed by atoms with van der Waals surface area (Å²) in [5.74, 6) is 0. The fraction of sp³-hybridized carbons (Fsp3) is 0.121. The molecule has 0 fully saturated rings. The summed E-state index contributed by atoms with van der Waals surface area (Å²) in [4.78, 5) is 11.8. The van der Waals surface area contributed by atoms with Crippen molar-refractivity contribution in [2.45, 2.75) is 39.0 Å². The van der Waals surface area contributed by atoms with Gasteiger partial charge in [-0.15, -0.1) is 0 Å². The second-order valence-corrected chi connectivity index (χ2v) is 16.3. The maximum absolute atomic E-state index is 4.85. The lowest BCUT2D eigenvalue weighted by atomic mass is 9.94. The predicted molar refractivity (Wildman–Crippen MR) is 159 cm³/mol. The Bertz CT molecular complexity index is 1380. The third-order valence-electron chi connectivity index (χ3n) is 7.88. The molecule has 180 valence electrons. The van der Waals surface area contributed by atoms with E-state index in [4.69, 9.17) is 4.99 Å². The highest BCUT2D eigenvalue weighted by atomic mass is 32.3. The molecule has 1 unspecified atom stereocenters. The molecule has 1 aliphatic heterocycles. The van der Waals surface area contributed by atoms with Crippen LogP contribution in [0.15, 0.2) is 157 Å². The lowest BCUT2D eigenvalue weighted by Gasteiger charge is -2.60. The fourth-order valence-electron chi connectivity index (χ4n) is 5.86. The highest BCUT2D eigenvalue weighted by molar-refractivity contribution is 8.49. The largest absolute Gasteiger partial charge is 0.274 e. The molecule has 1 nitrogen and oxygen atoms in total. The minimum atomic E-state index is -2.98. The van der Waals surface area contributed by atoms with Crippen LogP contribution < -0.4 is 0 Å². The Morgan fingerprint density at radius 2 is 1.11 bits per heavy atom. The summed E-state index contributed by atoms with van der Waals surface area (Å²) in [6.45, 7) is 2.11. The summed E-state index contributed by atoms with van der Waals surface area (Å²) in [6.07, 6.45) is 8.04. The van der Waals surface area contributed by atoms with Crippen LogP contribution in [0.2, 0.25) is 0 Å².